The SMILES string of the molecule is Cc1ccccc1S(=O)(=O)Nc1ccc2ncccc2c1. The van der Waals surface area contributed by atoms with Crippen LogP contribution in [0.1, 0.15) is 5.56 Å². The van der Waals surface area contributed by atoms with Crippen molar-refractivity contribution in [3.8, 4) is 0 Å². The number of hydrogen-bond donors (Lipinski definition) is 1. The number of hydrogen-bond acceptors (Lipinski definition) is 3. The lowest BCUT2D eigenvalue weighted by atomic mass is 10.2. The standard InChI is InChI=1S/C16H14N2O2S/c1-12-5-2-3-7-16(12)21(19,20)18-14-8-9-15-13(11-14)6-4-10-17-15/h2-11,18H,1H3. The van der Waals surface area contributed by atoms with Gasteiger partial charge in [-0.1, -0.05) is 24.3 Å². The van der Waals surface area contributed by atoms with Gasteiger partial charge in [-0.2, -0.15) is 0 Å². The van der Waals surface area contributed by atoms with Crippen molar-refractivity contribution in [1.82, 2.24) is 4.98 Å². The quantitative estimate of drug-likeness (QED) is 0.806. The minimum Gasteiger partial charge on any atom is -0.280 e. The molecule has 5 heteroatoms. The molecule has 1 heterocycles. The number of rotatable bonds is 3. The summed E-state index contributed by atoms with van der Waals surface area (Å²) >= 11 is 0. The van der Waals surface area contributed by atoms with Crippen molar-refractivity contribution in [3.05, 3.63) is 66.4 Å². The maximum atomic E-state index is 12.4. The lowest BCUT2D eigenvalue weighted by molar-refractivity contribution is 0.600. The second-order valence-corrected chi connectivity index (χ2v) is 6.43. The van der Waals surface area contributed by atoms with Crippen LogP contribution < -0.4 is 4.72 Å². The van der Waals surface area contributed by atoms with Gasteiger partial charge in [0.1, 0.15) is 0 Å². The molecule has 0 aliphatic heterocycles. The molecular weight excluding hydrogens is 284 g/mol. The summed E-state index contributed by atoms with van der Waals surface area (Å²) < 4.78 is 27.5. The zero-order valence-corrected chi connectivity index (χ0v) is 12.3. The summed E-state index contributed by atoms with van der Waals surface area (Å²) in [5, 5.41) is 0.891. The highest BCUT2D eigenvalue weighted by Crippen LogP contribution is 2.22. The summed E-state index contributed by atoms with van der Waals surface area (Å²) in [6.45, 7) is 1.78. The van der Waals surface area contributed by atoms with Crippen molar-refractivity contribution >= 4 is 26.6 Å². The van der Waals surface area contributed by atoms with Crippen molar-refractivity contribution < 1.29 is 8.42 Å². The average molecular weight is 298 g/mol. The number of anilines is 1. The molecule has 1 aromatic heterocycles. The Hall–Kier alpha value is -2.40. The fraction of sp³-hybridized carbons (Fsp3) is 0.0625. The molecule has 21 heavy (non-hydrogen) atoms. The van der Waals surface area contributed by atoms with Gasteiger partial charge in [-0.25, -0.2) is 8.42 Å². The Kier molecular flexibility index (Phi) is 3.35. The summed E-state index contributed by atoms with van der Waals surface area (Å²) in [7, 11) is -3.58. The fourth-order valence-electron chi connectivity index (χ4n) is 2.21. The first-order chi connectivity index (χ1) is 10.1. The van der Waals surface area contributed by atoms with Gasteiger partial charge in [0.15, 0.2) is 0 Å². The number of benzene rings is 2. The topological polar surface area (TPSA) is 59.1 Å². The smallest absolute Gasteiger partial charge is 0.262 e. The molecule has 0 amide bonds. The van der Waals surface area contributed by atoms with E-state index >= 15 is 0 Å². The van der Waals surface area contributed by atoms with Gasteiger partial charge in [0.05, 0.1) is 10.4 Å². The van der Waals surface area contributed by atoms with Crippen molar-refractivity contribution in [3.63, 3.8) is 0 Å². The molecule has 4 nitrogen and oxygen atoms in total. The van der Waals surface area contributed by atoms with Gasteiger partial charge >= 0.3 is 0 Å². The molecule has 0 unspecified atom stereocenters. The van der Waals surface area contributed by atoms with Gasteiger partial charge < -0.3 is 0 Å². The number of nitrogens with one attached hydrogen (secondary N) is 1. The Balaban J connectivity index is 1.99. The molecule has 3 aromatic rings. The zero-order chi connectivity index (χ0) is 14.9. The van der Waals surface area contributed by atoms with E-state index < -0.39 is 10.0 Å². The molecule has 0 aliphatic rings. The van der Waals surface area contributed by atoms with Crippen molar-refractivity contribution in [2.45, 2.75) is 11.8 Å². The van der Waals surface area contributed by atoms with Gasteiger partial charge in [0, 0.05) is 17.3 Å². The van der Waals surface area contributed by atoms with E-state index in [0.717, 1.165) is 10.9 Å². The minimum atomic E-state index is -3.58. The molecule has 0 bridgehead atoms. The van der Waals surface area contributed by atoms with E-state index in [-0.39, 0.29) is 4.90 Å². The molecule has 0 fully saturated rings. The highest BCUT2D eigenvalue weighted by atomic mass is 32.2. The van der Waals surface area contributed by atoms with Crippen LogP contribution in [0.15, 0.2) is 65.7 Å². The predicted molar refractivity (Wildman–Crippen MR) is 83.7 cm³/mol. The first kappa shape index (κ1) is 13.6. The van der Waals surface area contributed by atoms with Crippen LogP contribution in [0, 0.1) is 6.92 Å². The van der Waals surface area contributed by atoms with Crippen LogP contribution in [0.2, 0.25) is 0 Å². The Morgan fingerprint density at radius 3 is 2.62 bits per heavy atom. The highest BCUT2D eigenvalue weighted by Gasteiger charge is 2.16. The van der Waals surface area contributed by atoms with E-state index in [9.17, 15) is 8.42 Å². The molecular formula is C16H14N2O2S. The molecule has 0 saturated carbocycles. The number of pyridine rings is 1. The first-order valence-corrected chi connectivity index (χ1v) is 7.98. The van der Waals surface area contributed by atoms with E-state index in [4.69, 9.17) is 0 Å². The third kappa shape index (κ3) is 2.73. The third-order valence-electron chi connectivity index (χ3n) is 3.24. The molecule has 2 aromatic carbocycles. The van der Waals surface area contributed by atoms with Crippen LogP contribution in [-0.4, -0.2) is 13.4 Å². The Morgan fingerprint density at radius 2 is 1.81 bits per heavy atom. The number of aromatic nitrogens is 1. The molecule has 1 N–H and O–H groups in total. The van der Waals surface area contributed by atoms with Gasteiger partial charge in [-0.05, 0) is 42.8 Å². The third-order valence-corrected chi connectivity index (χ3v) is 4.78. The molecule has 0 spiro atoms. The first-order valence-electron chi connectivity index (χ1n) is 6.49. The second kappa shape index (κ2) is 5.18. The van der Waals surface area contributed by atoms with Crippen LogP contribution in [0.4, 0.5) is 5.69 Å². The number of fused-ring (bicyclic) bond motifs is 1. The predicted octanol–water partition coefficient (Wildman–Crippen LogP) is 3.34. The van der Waals surface area contributed by atoms with Crippen molar-refractivity contribution in [1.29, 1.82) is 0 Å². The Bertz CT molecular complexity index is 905. The van der Waals surface area contributed by atoms with Gasteiger partial charge in [0.2, 0.25) is 0 Å². The Labute approximate surface area is 123 Å². The van der Waals surface area contributed by atoms with Crippen molar-refractivity contribution in [2.75, 3.05) is 4.72 Å². The van der Waals surface area contributed by atoms with Gasteiger partial charge in [-0.3, -0.25) is 9.71 Å². The van der Waals surface area contributed by atoms with E-state index in [1.807, 2.05) is 18.2 Å². The molecule has 0 aliphatic carbocycles. The van der Waals surface area contributed by atoms with Crippen LogP contribution in [-0.2, 0) is 10.0 Å². The fourth-order valence-corrected chi connectivity index (χ4v) is 3.50. The summed E-state index contributed by atoms with van der Waals surface area (Å²) in [4.78, 5) is 4.50. The lowest BCUT2D eigenvalue weighted by Gasteiger charge is -2.10. The Morgan fingerprint density at radius 1 is 1.00 bits per heavy atom. The van der Waals surface area contributed by atoms with Gasteiger partial charge in [-0.15, -0.1) is 0 Å². The summed E-state index contributed by atoms with van der Waals surface area (Å²) in [6.07, 6.45) is 1.71. The van der Waals surface area contributed by atoms with E-state index in [1.165, 1.54) is 0 Å². The van der Waals surface area contributed by atoms with Crippen molar-refractivity contribution in [2.24, 2.45) is 0 Å². The molecule has 106 valence electrons. The monoisotopic (exact) mass is 298 g/mol. The number of aryl methyl sites for hydroxylation is 1. The summed E-state index contributed by atoms with van der Waals surface area (Å²) in [5.41, 5.74) is 2.07. The van der Waals surface area contributed by atoms with Crippen LogP contribution in [0.25, 0.3) is 10.9 Å². The normalized spacial score (nSPS) is 11.5. The summed E-state index contributed by atoms with van der Waals surface area (Å²) in [5.74, 6) is 0. The highest BCUT2D eigenvalue weighted by molar-refractivity contribution is 7.92. The molecule has 0 saturated heterocycles. The molecule has 0 atom stereocenters. The zero-order valence-electron chi connectivity index (χ0n) is 11.4. The second-order valence-electron chi connectivity index (χ2n) is 4.78. The lowest BCUT2D eigenvalue weighted by Crippen LogP contribution is -2.14. The van der Waals surface area contributed by atoms with Crippen LogP contribution >= 0.6 is 0 Å². The maximum Gasteiger partial charge on any atom is 0.262 e. The number of nitrogens with zero attached hydrogens (tertiary/aromatic N) is 1. The summed E-state index contributed by atoms with van der Waals surface area (Å²) in [6, 6.07) is 15.9. The number of sulfonamides is 1. The van der Waals surface area contributed by atoms with Gasteiger partial charge in [0.25, 0.3) is 10.0 Å². The molecule has 0 radical (unpaired) electrons. The van der Waals surface area contributed by atoms with E-state index in [1.54, 1.807) is 49.5 Å². The van der Waals surface area contributed by atoms with Crippen LogP contribution in [0.5, 0.6) is 0 Å². The average Bonchev–Trinajstić information content (AvgIpc) is 2.47. The van der Waals surface area contributed by atoms with Crippen LogP contribution in [0.3, 0.4) is 0 Å². The van der Waals surface area contributed by atoms with E-state index in [0.29, 0.717) is 11.3 Å². The maximum absolute atomic E-state index is 12.4. The van der Waals surface area contributed by atoms with E-state index in [2.05, 4.69) is 9.71 Å². The minimum absolute atomic E-state index is 0.288. The largest absolute Gasteiger partial charge is 0.280 e. The molecule has 3 rings (SSSR count).